The summed E-state index contributed by atoms with van der Waals surface area (Å²) in [5.41, 5.74) is 1.91. The van der Waals surface area contributed by atoms with Crippen molar-refractivity contribution in [3.05, 3.63) is 60.3 Å². The van der Waals surface area contributed by atoms with Crippen LogP contribution in [0.2, 0.25) is 0 Å². The maximum Gasteiger partial charge on any atom is 0.231 e. The van der Waals surface area contributed by atoms with Crippen LogP contribution in [-0.4, -0.2) is 11.8 Å². The topological polar surface area (TPSA) is 40.6 Å². The van der Waals surface area contributed by atoms with Crippen LogP contribution in [0.3, 0.4) is 0 Å². The van der Waals surface area contributed by atoms with Gasteiger partial charge in [-0.3, -0.25) is 4.98 Å². The summed E-state index contributed by atoms with van der Waals surface area (Å²) in [4.78, 5) is 4.38. The van der Waals surface area contributed by atoms with Gasteiger partial charge in [-0.25, -0.2) is 0 Å². The molecule has 2 heterocycles. The molecule has 4 nitrogen and oxygen atoms in total. The first kappa shape index (κ1) is 12.0. The van der Waals surface area contributed by atoms with Crippen LogP contribution in [-0.2, 0) is 6.61 Å². The average Bonchev–Trinajstić information content (AvgIpc) is 3.00. The number of ether oxygens (including phenoxy) is 3. The molecule has 1 aliphatic rings. The van der Waals surface area contributed by atoms with E-state index >= 15 is 0 Å². The van der Waals surface area contributed by atoms with Crippen LogP contribution in [0.4, 0.5) is 0 Å². The van der Waals surface area contributed by atoms with E-state index in [9.17, 15) is 0 Å². The summed E-state index contributed by atoms with van der Waals surface area (Å²) in [5.74, 6) is 2.34. The monoisotopic (exact) mass is 279 g/mol. The van der Waals surface area contributed by atoms with Gasteiger partial charge in [-0.15, -0.1) is 0 Å². The molecule has 0 aliphatic carbocycles. The molecule has 1 aliphatic heterocycles. The minimum absolute atomic E-state index is 0.285. The van der Waals surface area contributed by atoms with Crippen LogP contribution in [0.25, 0.3) is 10.9 Å². The summed E-state index contributed by atoms with van der Waals surface area (Å²) in [6, 6.07) is 15.7. The van der Waals surface area contributed by atoms with Gasteiger partial charge in [0.15, 0.2) is 11.5 Å². The molecule has 2 aromatic carbocycles. The van der Waals surface area contributed by atoms with Crippen molar-refractivity contribution in [2.75, 3.05) is 6.79 Å². The lowest BCUT2D eigenvalue weighted by molar-refractivity contribution is 0.174. The van der Waals surface area contributed by atoms with Crippen molar-refractivity contribution in [3.8, 4) is 17.2 Å². The van der Waals surface area contributed by atoms with Gasteiger partial charge in [-0.2, -0.15) is 0 Å². The second kappa shape index (κ2) is 4.98. The highest BCUT2D eigenvalue weighted by Crippen LogP contribution is 2.33. The molecule has 0 radical (unpaired) electrons. The summed E-state index contributed by atoms with van der Waals surface area (Å²) in [5, 5.41) is 1.07. The molecular formula is C17H13NO3. The van der Waals surface area contributed by atoms with Crippen molar-refractivity contribution in [2.24, 2.45) is 0 Å². The third-order valence-corrected chi connectivity index (χ3v) is 3.43. The third-order valence-electron chi connectivity index (χ3n) is 3.43. The van der Waals surface area contributed by atoms with E-state index < -0.39 is 0 Å². The normalized spacial score (nSPS) is 12.6. The number of nitrogens with zero attached hydrogens (tertiary/aromatic N) is 1. The van der Waals surface area contributed by atoms with Gasteiger partial charge in [-0.1, -0.05) is 24.3 Å². The van der Waals surface area contributed by atoms with Crippen LogP contribution in [0, 0.1) is 0 Å². The van der Waals surface area contributed by atoms with E-state index in [1.807, 2.05) is 48.5 Å². The minimum Gasteiger partial charge on any atom is -0.487 e. The van der Waals surface area contributed by atoms with Gasteiger partial charge in [0.1, 0.15) is 17.9 Å². The number of hydrogen-bond acceptors (Lipinski definition) is 4. The minimum atomic E-state index is 0.285. The first-order valence-corrected chi connectivity index (χ1v) is 6.75. The molecule has 4 heteroatoms. The lowest BCUT2D eigenvalue weighted by Gasteiger charge is -2.09. The van der Waals surface area contributed by atoms with E-state index in [-0.39, 0.29) is 6.79 Å². The lowest BCUT2D eigenvalue weighted by atomic mass is 10.2. The van der Waals surface area contributed by atoms with Crippen LogP contribution in [0.5, 0.6) is 17.2 Å². The Morgan fingerprint density at radius 2 is 1.90 bits per heavy atom. The Hall–Kier alpha value is -2.75. The Morgan fingerprint density at radius 3 is 2.90 bits per heavy atom. The standard InChI is InChI=1S/C17H13NO3/c1-3-13-4-2-8-18-17(13)15(5-1)19-10-12-6-7-14-16(9-12)21-11-20-14/h1-9H,10-11H2. The second-order valence-corrected chi connectivity index (χ2v) is 4.81. The summed E-state index contributed by atoms with van der Waals surface area (Å²) >= 11 is 0. The Kier molecular flexibility index (Phi) is 2.85. The van der Waals surface area contributed by atoms with E-state index in [4.69, 9.17) is 14.2 Å². The quantitative estimate of drug-likeness (QED) is 0.735. The maximum absolute atomic E-state index is 5.91. The summed E-state index contributed by atoms with van der Waals surface area (Å²) in [6.45, 7) is 0.749. The van der Waals surface area contributed by atoms with E-state index in [0.717, 1.165) is 33.7 Å². The Bertz CT molecular complexity index is 796. The van der Waals surface area contributed by atoms with Crippen molar-refractivity contribution in [2.45, 2.75) is 6.61 Å². The molecule has 0 amide bonds. The maximum atomic E-state index is 5.91. The van der Waals surface area contributed by atoms with Crippen molar-refractivity contribution in [3.63, 3.8) is 0 Å². The molecule has 0 bridgehead atoms. The number of pyridine rings is 1. The fraction of sp³-hybridized carbons (Fsp3) is 0.118. The van der Waals surface area contributed by atoms with Crippen LogP contribution in [0.15, 0.2) is 54.7 Å². The largest absolute Gasteiger partial charge is 0.487 e. The van der Waals surface area contributed by atoms with Crippen LogP contribution < -0.4 is 14.2 Å². The summed E-state index contributed by atoms with van der Waals surface area (Å²) in [6.07, 6.45) is 1.77. The highest BCUT2D eigenvalue weighted by molar-refractivity contribution is 5.84. The summed E-state index contributed by atoms with van der Waals surface area (Å²) < 4.78 is 16.6. The van der Waals surface area contributed by atoms with Gasteiger partial charge in [0, 0.05) is 11.6 Å². The SMILES string of the molecule is c1cnc2c(OCc3ccc4c(c3)OCO4)cccc2c1. The molecule has 0 spiro atoms. The highest BCUT2D eigenvalue weighted by Gasteiger charge is 2.13. The zero-order chi connectivity index (χ0) is 14.1. The Balaban J connectivity index is 1.58. The number of aromatic nitrogens is 1. The fourth-order valence-electron chi connectivity index (χ4n) is 2.38. The highest BCUT2D eigenvalue weighted by atomic mass is 16.7. The molecule has 104 valence electrons. The summed E-state index contributed by atoms with van der Waals surface area (Å²) in [7, 11) is 0. The molecule has 0 saturated carbocycles. The predicted molar refractivity (Wildman–Crippen MR) is 78.6 cm³/mol. The van der Waals surface area contributed by atoms with Crippen molar-refractivity contribution in [1.82, 2.24) is 4.98 Å². The number of benzene rings is 2. The smallest absolute Gasteiger partial charge is 0.231 e. The molecule has 0 saturated heterocycles. The van der Waals surface area contributed by atoms with Crippen LogP contribution >= 0.6 is 0 Å². The number of para-hydroxylation sites is 1. The molecule has 3 aromatic rings. The third kappa shape index (κ3) is 2.25. The molecule has 21 heavy (non-hydrogen) atoms. The fourth-order valence-corrected chi connectivity index (χ4v) is 2.38. The van der Waals surface area contributed by atoms with Crippen molar-refractivity contribution < 1.29 is 14.2 Å². The van der Waals surface area contributed by atoms with Gasteiger partial charge in [0.2, 0.25) is 6.79 Å². The van der Waals surface area contributed by atoms with Gasteiger partial charge >= 0.3 is 0 Å². The second-order valence-electron chi connectivity index (χ2n) is 4.81. The Labute approximate surface area is 121 Å². The van der Waals surface area contributed by atoms with E-state index in [1.165, 1.54) is 0 Å². The van der Waals surface area contributed by atoms with Crippen LogP contribution in [0.1, 0.15) is 5.56 Å². The molecule has 1 aromatic heterocycles. The van der Waals surface area contributed by atoms with Gasteiger partial charge in [-0.05, 0) is 29.8 Å². The van der Waals surface area contributed by atoms with E-state index in [1.54, 1.807) is 6.20 Å². The molecule has 0 fully saturated rings. The van der Waals surface area contributed by atoms with Gasteiger partial charge in [0.25, 0.3) is 0 Å². The molecule has 0 atom stereocenters. The molecule has 4 rings (SSSR count). The number of fused-ring (bicyclic) bond motifs is 2. The van der Waals surface area contributed by atoms with Gasteiger partial charge < -0.3 is 14.2 Å². The first-order valence-electron chi connectivity index (χ1n) is 6.75. The number of rotatable bonds is 3. The van der Waals surface area contributed by atoms with E-state index in [2.05, 4.69) is 4.98 Å². The zero-order valence-corrected chi connectivity index (χ0v) is 11.3. The molecule has 0 N–H and O–H groups in total. The average molecular weight is 279 g/mol. The first-order chi connectivity index (χ1) is 10.4. The lowest BCUT2D eigenvalue weighted by Crippen LogP contribution is -1.96. The van der Waals surface area contributed by atoms with Crippen molar-refractivity contribution >= 4 is 10.9 Å². The molecule has 0 unspecified atom stereocenters. The van der Waals surface area contributed by atoms with Gasteiger partial charge in [0.05, 0.1) is 0 Å². The number of hydrogen-bond donors (Lipinski definition) is 0. The van der Waals surface area contributed by atoms with E-state index in [0.29, 0.717) is 6.61 Å². The van der Waals surface area contributed by atoms with Crippen molar-refractivity contribution in [1.29, 1.82) is 0 Å². The zero-order valence-electron chi connectivity index (χ0n) is 11.3. The Morgan fingerprint density at radius 1 is 1.00 bits per heavy atom. The molecular weight excluding hydrogens is 266 g/mol. The predicted octanol–water partition coefficient (Wildman–Crippen LogP) is 3.54.